The van der Waals surface area contributed by atoms with Crippen LogP contribution < -0.4 is 5.32 Å². The minimum atomic E-state index is -0.00461. The van der Waals surface area contributed by atoms with Gasteiger partial charge in [0.1, 0.15) is 0 Å². The standard InChI is InChI=1S/C12H18ClN3O/c1-8-12(13)10(16(2)15-8)7-11(17)9-5-3-4-6-14-9/h9,14H,3-7H2,1-2H3. The van der Waals surface area contributed by atoms with E-state index in [1.807, 2.05) is 14.0 Å². The molecule has 0 radical (unpaired) electrons. The molecule has 1 fully saturated rings. The fourth-order valence-electron chi connectivity index (χ4n) is 2.29. The zero-order valence-electron chi connectivity index (χ0n) is 10.3. The molecule has 94 valence electrons. The van der Waals surface area contributed by atoms with Crippen molar-refractivity contribution in [3.63, 3.8) is 0 Å². The normalized spacial score (nSPS) is 20.5. The van der Waals surface area contributed by atoms with Crippen LogP contribution in [0.25, 0.3) is 0 Å². The Balaban J connectivity index is 2.07. The highest BCUT2D eigenvalue weighted by Crippen LogP contribution is 2.21. The van der Waals surface area contributed by atoms with E-state index in [1.54, 1.807) is 4.68 Å². The zero-order valence-corrected chi connectivity index (χ0v) is 11.0. The predicted octanol–water partition coefficient (Wildman–Crippen LogP) is 1.64. The lowest BCUT2D eigenvalue weighted by Gasteiger charge is -2.22. The van der Waals surface area contributed by atoms with E-state index in [-0.39, 0.29) is 11.8 Å². The first-order valence-electron chi connectivity index (χ1n) is 6.03. The summed E-state index contributed by atoms with van der Waals surface area (Å²) in [6.07, 6.45) is 3.60. The summed E-state index contributed by atoms with van der Waals surface area (Å²) in [4.78, 5) is 12.1. The fraction of sp³-hybridized carbons (Fsp3) is 0.667. The third kappa shape index (κ3) is 2.69. The van der Waals surface area contributed by atoms with E-state index in [9.17, 15) is 4.79 Å². The number of ketones is 1. The molecule has 1 saturated heterocycles. The maximum Gasteiger partial charge on any atom is 0.155 e. The number of rotatable bonds is 3. The van der Waals surface area contributed by atoms with Gasteiger partial charge in [-0.15, -0.1) is 0 Å². The molecular weight excluding hydrogens is 238 g/mol. The molecule has 1 aliphatic rings. The number of carbonyl (C=O) groups is 1. The Labute approximate surface area is 106 Å². The second-order valence-corrected chi connectivity index (χ2v) is 4.99. The van der Waals surface area contributed by atoms with Gasteiger partial charge in [-0.25, -0.2) is 0 Å². The topological polar surface area (TPSA) is 46.9 Å². The van der Waals surface area contributed by atoms with Crippen molar-refractivity contribution in [1.29, 1.82) is 0 Å². The Kier molecular flexibility index (Phi) is 3.84. The molecule has 0 saturated carbocycles. The number of hydrogen-bond acceptors (Lipinski definition) is 3. The summed E-state index contributed by atoms with van der Waals surface area (Å²) in [6, 6.07) is -0.00461. The molecule has 1 atom stereocenters. The van der Waals surface area contributed by atoms with Gasteiger partial charge in [0.2, 0.25) is 0 Å². The molecule has 17 heavy (non-hydrogen) atoms. The molecule has 1 unspecified atom stereocenters. The van der Waals surface area contributed by atoms with Gasteiger partial charge in [0.25, 0.3) is 0 Å². The summed E-state index contributed by atoms with van der Waals surface area (Å²) in [5.74, 6) is 0.217. The van der Waals surface area contributed by atoms with Crippen LogP contribution in [0.1, 0.15) is 30.7 Å². The lowest BCUT2D eigenvalue weighted by Crippen LogP contribution is -2.41. The Morgan fingerprint density at radius 2 is 2.35 bits per heavy atom. The quantitative estimate of drug-likeness (QED) is 0.893. The van der Waals surface area contributed by atoms with Gasteiger partial charge < -0.3 is 5.32 Å². The van der Waals surface area contributed by atoms with Gasteiger partial charge in [0.15, 0.2) is 5.78 Å². The van der Waals surface area contributed by atoms with Crippen molar-refractivity contribution >= 4 is 17.4 Å². The monoisotopic (exact) mass is 255 g/mol. The molecule has 0 spiro atoms. The van der Waals surface area contributed by atoms with Crippen LogP contribution in [0.4, 0.5) is 0 Å². The molecule has 1 aromatic heterocycles. The van der Waals surface area contributed by atoms with Crippen LogP contribution in [0.5, 0.6) is 0 Å². The first-order chi connectivity index (χ1) is 8.09. The van der Waals surface area contributed by atoms with Crippen LogP contribution in [0.15, 0.2) is 0 Å². The molecule has 1 aliphatic heterocycles. The summed E-state index contributed by atoms with van der Waals surface area (Å²) in [6.45, 7) is 2.80. The zero-order chi connectivity index (χ0) is 12.4. The van der Waals surface area contributed by atoms with E-state index < -0.39 is 0 Å². The number of nitrogens with one attached hydrogen (secondary N) is 1. The predicted molar refractivity (Wildman–Crippen MR) is 67.3 cm³/mol. The third-order valence-electron chi connectivity index (χ3n) is 3.30. The van der Waals surface area contributed by atoms with E-state index >= 15 is 0 Å². The molecule has 2 heterocycles. The van der Waals surface area contributed by atoms with Crippen molar-refractivity contribution in [1.82, 2.24) is 15.1 Å². The minimum Gasteiger partial charge on any atom is -0.307 e. The average Bonchev–Trinajstić information content (AvgIpc) is 2.57. The molecule has 0 bridgehead atoms. The summed E-state index contributed by atoms with van der Waals surface area (Å²) in [5, 5.41) is 8.11. The van der Waals surface area contributed by atoms with Crippen LogP contribution in [-0.2, 0) is 18.3 Å². The number of halogens is 1. The number of Topliss-reactive ketones (excluding diaryl/α,β-unsaturated/α-hetero) is 1. The van der Waals surface area contributed by atoms with Gasteiger partial charge in [-0.1, -0.05) is 18.0 Å². The number of piperidine rings is 1. The first-order valence-corrected chi connectivity index (χ1v) is 6.41. The van der Waals surface area contributed by atoms with Gasteiger partial charge in [-0.05, 0) is 26.3 Å². The van der Waals surface area contributed by atoms with Crippen molar-refractivity contribution in [2.75, 3.05) is 6.54 Å². The summed E-state index contributed by atoms with van der Waals surface area (Å²) >= 11 is 6.14. The maximum atomic E-state index is 12.1. The SMILES string of the molecule is Cc1nn(C)c(CC(=O)C2CCCCN2)c1Cl. The molecule has 0 aromatic carbocycles. The Morgan fingerprint density at radius 3 is 2.88 bits per heavy atom. The number of nitrogens with zero attached hydrogens (tertiary/aromatic N) is 2. The van der Waals surface area contributed by atoms with Crippen molar-refractivity contribution in [3.8, 4) is 0 Å². The van der Waals surface area contributed by atoms with E-state index in [4.69, 9.17) is 11.6 Å². The lowest BCUT2D eigenvalue weighted by atomic mass is 9.98. The van der Waals surface area contributed by atoms with E-state index in [0.717, 1.165) is 37.2 Å². The molecular formula is C12H18ClN3O. The Bertz CT molecular complexity index is 422. The van der Waals surface area contributed by atoms with Crippen LogP contribution in [0.2, 0.25) is 5.02 Å². The lowest BCUT2D eigenvalue weighted by molar-refractivity contribution is -0.121. The summed E-state index contributed by atoms with van der Waals surface area (Å²) < 4.78 is 1.71. The molecule has 4 nitrogen and oxygen atoms in total. The van der Waals surface area contributed by atoms with Crippen molar-refractivity contribution in [3.05, 3.63) is 16.4 Å². The van der Waals surface area contributed by atoms with Crippen molar-refractivity contribution < 1.29 is 4.79 Å². The van der Waals surface area contributed by atoms with Crippen LogP contribution in [0, 0.1) is 6.92 Å². The van der Waals surface area contributed by atoms with Gasteiger partial charge in [-0.3, -0.25) is 9.48 Å². The van der Waals surface area contributed by atoms with E-state index in [1.165, 1.54) is 0 Å². The number of hydrogen-bond donors (Lipinski definition) is 1. The highest BCUT2D eigenvalue weighted by molar-refractivity contribution is 6.32. The van der Waals surface area contributed by atoms with E-state index in [2.05, 4.69) is 10.4 Å². The second-order valence-electron chi connectivity index (χ2n) is 4.62. The fourth-order valence-corrected chi connectivity index (χ4v) is 2.51. The molecule has 1 N–H and O–H groups in total. The Morgan fingerprint density at radius 1 is 1.59 bits per heavy atom. The smallest absolute Gasteiger partial charge is 0.155 e. The van der Waals surface area contributed by atoms with E-state index in [0.29, 0.717) is 11.4 Å². The highest BCUT2D eigenvalue weighted by Gasteiger charge is 2.23. The number of carbonyl (C=O) groups excluding carboxylic acids is 1. The summed E-state index contributed by atoms with van der Waals surface area (Å²) in [7, 11) is 1.83. The van der Waals surface area contributed by atoms with Gasteiger partial charge >= 0.3 is 0 Å². The molecule has 2 rings (SSSR count). The molecule has 0 aliphatic carbocycles. The largest absolute Gasteiger partial charge is 0.307 e. The van der Waals surface area contributed by atoms with Crippen molar-refractivity contribution in [2.45, 2.75) is 38.6 Å². The van der Waals surface area contributed by atoms with Crippen molar-refractivity contribution in [2.24, 2.45) is 7.05 Å². The molecule has 0 amide bonds. The Hall–Kier alpha value is -0.870. The van der Waals surface area contributed by atoms with Crippen LogP contribution in [0.3, 0.4) is 0 Å². The maximum absolute atomic E-state index is 12.1. The summed E-state index contributed by atoms with van der Waals surface area (Å²) in [5.41, 5.74) is 1.61. The van der Waals surface area contributed by atoms with Gasteiger partial charge in [0.05, 0.1) is 28.9 Å². The number of aryl methyl sites for hydroxylation is 2. The minimum absolute atomic E-state index is 0.00461. The first kappa shape index (κ1) is 12.6. The second kappa shape index (κ2) is 5.19. The van der Waals surface area contributed by atoms with Gasteiger partial charge in [0, 0.05) is 7.05 Å². The highest BCUT2D eigenvalue weighted by atomic mass is 35.5. The average molecular weight is 256 g/mol. The van der Waals surface area contributed by atoms with Crippen LogP contribution in [-0.4, -0.2) is 28.2 Å². The van der Waals surface area contributed by atoms with Crippen LogP contribution >= 0.6 is 11.6 Å². The molecule has 1 aromatic rings. The van der Waals surface area contributed by atoms with Gasteiger partial charge in [-0.2, -0.15) is 5.10 Å². The third-order valence-corrected chi connectivity index (χ3v) is 3.79. The number of aromatic nitrogens is 2. The molecule has 5 heteroatoms.